The lowest BCUT2D eigenvalue weighted by atomic mass is 10.4. The zero-order chi connectivity index (χ0) is 12.3. The molecule has 2 amide bonds. The van der Waals surface area contributed by atoms with Gasteiger partial charge in [-0.1, -0.05) is 0 Å². The lowest BCUT2D eigenvalue weighted by Crippen LogP contribution is -2.35. The van der Waals surface area contributed by atoms with Crippen LogP contribution in [-0.4, -0.2) is 24.9 Å². The summed E-state index contributed by atoms with van der Waals surface area (Å²) in [5, 5.41) is 7.42. The molecule has 2 rings (SSSR count). The Bertz CT molecular complexity index is 429. The van der Waals surface area contributed by atoms with E-state index in [-0.39, 0.29) is 17.7 Å². The van der Waals surface area contributed by atoms with E-state index in [1.807, 2.05) is 11.4 Å². The third-order valence-electron chi connectivity index (χ3n) is 2.48. The summed E-state index contributed by atoms with van der Waals surface area (Å²) in [6.07, 6.45) is 2.00. The van der Waals surface area contributed by atoms with E-state index in [9.17, 15) is 9.59 Å². The highest BCUT2D eigenvalue weighted by Gasteiger charge is 2.28. The van der Waals surface area contributed by atoms with Gasteiger partial charge in [0.1, 0.15) is 4.88 Å². The van der Waals surface area contributed by atoms with Crippen molar-refractivity contribution in [2.45, 2.75) is 12.8 Å². The smallest absolute Gasteiger partial charge is 0.262 e. The lowest BCUT2D eigenvalue weighted by molar-refractivity contribution is -0.122. The zero-order valence-corrected chi connectivity index (χ0v) is 11.6. The van der Waals surface area contributed by atoms with Crippen LogP contribution in [0.2, 0.25) is 0 Å². The fraction of sp³-hybridized carbons (Fsp3) is 0.455. The van der Waals surface area contributed by atoms with Crippen LogP contribution in [0, 0.1) is 5.92 Å². The molecule has 0 saturated heterocycles. The Labute approximate surface area is 112 Å². The maximum absolute atomic E-state index is 11.7. The quantitative estimate of drug-likeness (QED) is 0.813. The van der Waals surface area contributed by atoms with E-state index in [1.54, 1.807) is 0 Å². The minimum atomic E-state index is -0.104. The Morgan fingerprint density at radius 3 is 2.65 bits per heavy atom. The second kappa shape index (κ2) is 5.64. The third kappa shape index (κ3) is 3.54. The summed E-state index contributed by atoms with van der Waals surface area (Å²) in [7, 11) is 0. The van der Waals surface area contributed by atoms with Crippen molar-refractivity contribution in [1.29, 1.82) is 0 Å². The van der Waals surface area contributed by atoms with E-state index in [2.05, 4.69) is 26.6 Å². The van der Waals surface area contributed by atoms with Gasteiger partial charge in [0.25, 0.3) is 5.91 Å². The summed E-state index contributed by atoms with van der Waals surface area (Å²) >= 11 is 4.70. The largest absolute Gasteiger partial charge is 0.354 e. The van der Waals surface area contributed by atoms with Gasteiger partial charge in [-0.05, 0) is 40.2 Å². The zero-order valence-electron chi connectivity index (χ0n) is 9.16. The average Bonchev–Trinajstić information content (AvgIpc) is 3.07. The van der Waals surface area contributed by atoms with Gasteiger partial charge < -0.3 is 10.6 Å². The molecular formula is C11H13BrN2O2S. The number of thiophene rings is 1. The van der Waals surface area contributed by atoms with Crippen LogP contribution in [0.1, 0.15) is 22.5 Å². The molecule has 92 valence electrons. The van der Waals surface area contributed by atoms with Crippen molar-refractivity contribution in [3.63, 3.8) is 0 Å². The molecule has 1 fully saturated rings. The molecular weight excluding hydrogens is 304 g/mol. The van der Waals surface area contributed by atoms with Crippen LogP contribution < -0.4 is 10.6 Å². The van der Waals surface area contributed by atoms with Crippen LogP contribution in [0.5, 0.6) is 0 Å². The molecule has 1 heterocycles. The topological polar surface area (TPSA) is 58.2 Å². The number of halogens is 1. The molecule has 1 saturated carbocycles. The molecule has 1 aliphatic carbocycles. The minimum absolute atomic E-state index is 0.104. The van der Waals surface area contributed by atoms with Crippen LogP contribution in [0.4, 0.5) is 0 Å². The predicted molar refractivity (Wildman–Crippen MR) is 70.1 cm³/mol. The van der Waals surface area contributed by atoms with E-state index < -0.39 is 0 Å². The molecule has 2 N–H and O–H groups in total. The average molecular weight is 317 g/mol. The van der Waals surface area contributed by atoms with Gasteiger partial charge in [-0.15, -0.1) is 11.3 Å². The number of nitrogens with one attached hydrogen (secondary N) is 2. The van der Waals surface area contributed by atoms with E-state index in [0.29, 0.717) is 18.0 Å². The van der Waals surface area contributed by atoms with Gasteiger partial charge in [-0.3, -0.25) is 9.59 Å². The molecule has 17 heavy (non-hydrogen) atoms. The van der Waals surface area contributed by atoms with E-state index in [4.69, 9.17) is 0 Å². The fourth-order valence-corrected chi connectivity index (χ4v) is 2.86. The van der Waals surface area contributed by atoms with Crippen molar-refractivity contribution < 1.29 is 9.59 Å². The highest BCUT2D eigenvalue weighted by molar-refractivity contribution is 9.10. The van der Waals surface area contributed by atoms with Gasteiger partial charge >= 0.3 is 0 Å². The van der Waals surface area contributed by atoms with E-state index in [0.717, 1.165) is 17.3 Å². The van der Waals surface area contributed by atoms with Crippen LogP contribution in [-0.2, 0) is 4.79 Å². The molecule has 0 radical (unpaired) electrons. The van der Waals surface area contributed by atoms with Crippen molar-refractivity contribution in [2.75, 3.05) is 13.1 Å². The molecule has 0 aromatic carbocycles. The molecule has 0 spiro atoms. The SMILES string of the molecule is O=C(NCCNC(=O)C1CC1)c1sccc1Br. The Balaban J connectivity index is 1.66. The maximum atomic E-state index is 11.7. The number of carbonyl (C=O) groups is 2. The molecule has 6 heteroatoms. The summed E-state index contributed by atoms with van der Waals surface area (Å²) in [6, 6.07) is 1.84. The normalized spacial score (nSPS) is 14.4. The van der Waals surface area contributed by atoms with Gasteiger partial charge in [0.15, 0.2) is 0 Å². The molecule has 4 nitrogen and oxygen atoms in total. The molecule has 1 aromatic heterocycles. The van der Waals surface area contributed by atoms with Crippen molar-refractivity contribution >= 4 is 39.1 Å². The van der Waals surface area contributed by atoms with Gasteiger partial charge in [0, 0.05) is 23.5 Å². The summed E-state index contributed by atoms with van der Waals surface area (Å²) in [5.41, 5.74) is 0. The number of carbonyl (C=O) groups excluding carboxylic acids is 2. The second-order valence-electron chi connectivity index (χ2n) is 3.92. The predicted octanol–water partition coefficient (Wildman–Crippen LogP) is 1.77. The summed E-state index contributed by atoms with van der Waals surface area (Å²) in [4.78, 5) is 23.6. The van der Waals surface area contributed by atoms with Gasteiger partial charge in [0.2, 0.25) is 5.91 Å². The second-order valence-corrected chi connectivity index (χ2v) is 5.69. The monoisotopic (exact) mass is 316 g/mol. The van der Waals surface area contributed by atoms with Crippen molar-refractivity contribution in [2.24, 2.45) is 5.92 Å². The van der Waals surface area contributed by atoms with Gasteiger partial charge in [0.05, 0.1) is 0 Å². The molecule has 0 aliphatic heterocycles. The Morgan fingerprint density at radius 2 is 2.06 bits per heavy atom. The first-order chi connectivity index (χ1) is 8.18. The fourth-order valence-electron chi connectivity index (χ4n) is 1.39. The molecule has 0 unspecified atom stereocenters. The van der Waals surface area contributed by atoms with Crippen LogP contribution >= 0.6 is 27.3 Å². The minimum Gasteiger partial charge on any atom is -0.354 e. The number of rotatable bonds is 5. The molecule has 0 bridgehead atoms. The maximum Gasteiger partial charge on any atom is 0.262 e. The lowest BCUT2D eigenvalue weighted by Gasteiger charge is -2.05. The standard InChI is InChI=1S/C11H13BrN2O2S/c12-8-3-6-17-9(8)11(16)14-5-4-13-10(15)7-1-2-7/h3,6-7H,1-2,4-5H2,(H,13,15)(H,14,16). The Morgan fingerprint density at radius 1 is 1.35 bits per heavy atom. The Hall–Kier alpha value is -0.880. The third-order valence-corrected chi connectivity index (χ3v) is 4.32. The first kappa shape index (κ1) is 12.6. The van der Waals surface area contributed by atoms with Gasteiger partial charge in [-0.2, -0.15) is 0 Å². The van der Waals surface area contributed by atoms with Crippen LogP contribution in [0.3, 0.4) is 0 Å². The summed E-state index contributed by atoms with van der Waals surface area (Å²) in [5.74, 6) is 0.223. The highest BCUT2D eigenvalue weighted by atomic mass is 79.9. The molecule has 0 atom stereocenters. The summed E-state index contributed by atoms with van der Waals surface area (Å²) in [6.45, 7) is 0.950. The first-order valence-electron chi connectivity index (χ1n) is 5.47. The highest BCUT2D eigenvalue weighted by Crippen LogP contribution is 2.28. The number of hydrogen-bond donors (Lipinski definition) is 2. The van der Waals surface area contributed by atoms with E-state index >= 15 is 0 Å². The van der Waals surface area contributed by atoms with Crippen molar-refractivity contribution in [1.82, 2.24) is 10.6 Å². The first-order valence-corrected chi connectivity index (χ1v) is 7.14. The summed E-state index contributed by atoms with van der Waals surface area (Å²) < 4.78 is 0.807. The van der Waals surface area contributed by atoms with E-state index in [1.165, 1.54) is 11.3 Å². The molecule has 1 aliphatic rings. The van der Waals surface area contributed by atoms with Crippen molar-refractivity contribution in [3.8, 4) is 0 Å². The van der Waals surface area contributed by atoms with Crippen LogP contribution in [0.15, 0.2) is 15.9 Å². The van der Waals surface area contributed by atoms with Gasteiger partial charge in [-0.25, -0.2) is 0 Å². The number of amides is 2. The van der Waals surface area contributed by atoms with Crippen LogP contribution in [0.25, 0.3) is 0 Å². The number of hydrogen-bond acceptors (Lipinski definition) is 3. The van der Waals surface area contributed by atoms with Crippen molar-refractivity contribution in [3.05, 3.63) is 20.8 Å². The Kier molecular flexibility index (Phi) is 4.17. The molecule has 1 aromatic rings.